The Hall–Kier alpha value is -1.88. The summed E-state index contributed by atoms with van der Waals surface area (Å²) in [5, 5.41) is 5.66. The second-order valence-corrected chi connectivity index (χ2v) is 8.89. The van der Waals surface area contributed by atoms with Gasteiger partial charge >= 0.3 is 0 Å². The van der Waals surface area contributed by atoms with Crippen molar-refractivity contribution in [1.82, 2.24) is 14.7 Å². The zero-order valence-electron chi connectivity index (χ0n) is 12.9. The highest BCUT2D eigenvalue weighted by atomic mass is 32.2. The number of aromatic nitrogens is 2. The molecule has 3 rings (SSSR count). The van der Waals surface area contributed by atoms with Crippen LogP contribution in [0.1, 0.15) is 10.7 Å². The predicted molar refractivity (Wildman–Crippen MR) is 95.0 cm³/mol. The summed E-state index contributed by atoms with van der Waals surface area (Å²) in [4.78, 5) is 20.3. The van der Waals surface area contributed by atoms with E-state index in [4.69, 9.17) is 0 Å². The van der Waals surface area contributed by atoms with E-state index in [-0.39, 0.29) is 11.4 Å². The molecule has 3 aromatic rings. The van der Waals surface area contributed by atoms with E-state index in [1.807, 2.05) is 13.8 Å². The number of carbonyl (C=O) groups is 1. The lowest BCUT2D eigenvalue weighted by Gasteiger charge is -2.06. The third kappa shape index (κ3) is 3.78. The molecule has 7 nitrogen and oxygen atoms in total. The molecular formula is C14H14N4O3S3. The van der Waals surface area contributed by atoms with Crippen molar-refractivity contribution < 1.29 is 13.2 Å². The number of nitrogens with one attached hydrogen (secondary N) is 2. The van der Waals surface area contributed by atoms with Crippen LogP contribution >= 0.6 is 22.7 Å². The third-order valence-electron chi connectivity index (χ3n) is 3.07. The van der Waals surface area contributed by atoms with E-state index < -0.39 is 15.9 Å². The van der Waals surface area contributed by atoms with Crippen LogP contribution in [0.3, 0.4) is 0 Å². The average molecular weight is 382 g/mol. The lowest BCUT2D eigenvalue weighted by atomic mass is 10.3. The Balaban J connectivity index is 1.69. The van der Waals surface area contributed by atoms with Crippen LogP contribution in [-0.4, -0.2) is 30.8 Å². The highest BCUT2D eigenvalue weighted by molar-refractivity contribution is 7.89. The number of amides is 1. The molecule has 0 bridgehead atoms. The fraction of sp³-hybridized carbons (Fsp3) is 0.214. The summed E-state index contributed by atoms with van der Waals surface area (Å²) < 4.78 is 27.7. The van der Waals surface area contributed by atoms with Gasteiger partial charge in [0.15, 0.2) is 5.13 Å². The second kappa shape index (κ2) is 6.55. The van der Waals surface area contributed by atoms with E-state index in [1.165, 1.54) is 28.7 Å². The van der Waals surface area contributed by atoms with Crippen LogP contribution < -0.4 is 10.0 Å². The number of rotatable bonds is 5. The number of benzene rings is 1. The minimum Gasteiger partial charge on any atom is -0.301 e. The van der Waals surface area contributed by atoms with Crippen molar-refractivity contribution in [2.24, 2.45) is 0 Å². The molecule has 0 radical (unpaired) electrons. The monoisotopic (exact) mass is 382 g/mol. The molecule has 2 heterocycles. The molecule has 24 heavy (non-hydrogen) atoms. The van der Waals surface area contributed by atoms with E-state index in [0.29, 0.717) is 5.13 Å². The van der Waals surface area contributed by atoms with Gasteiger partial charge < -0.3 is 5.32 Å². The molecule has 0 aliphatic rings. The Morgan fingerprint density at radius 2 is 2.04 bits per heavy atom. The Labute approximate surface area is 146 Å². The van der Waals surface area contributed by atoms with Crippen molar-refractivity contribution in [2.75, 3.05) is 11.9 Å². The number of fused-ring (bicyclic) bond motifs is 1. The van der Waals surface area contributed by atoms with Crippen LogP contribution in [0.4, 0.5) is 5.13 Å². The Morgan fingerprint density at radius 3 is 2.75 bits per heavy atom. The van der Waals surface area contributed by atoms with Gasteiger partial charge in [-0.15, -0.1) is 22.7 Å². The summed E-state index contributed by atoms with van der Waals surface area (Å²) in [7, 11) is -3.77. The van der Waals surface area contributed by atoms with Crippen molar-refractivity contribution in [3.05, 3.63) is 34.3 Å². The molecule has 2 N–H and O–H groups in total. The maximum Gasteiger partial charge on any atom is 0.241 e. The lowest BCUT2D eigenvalue weighted by molar-refractivity contribution is -0.115. The van der Waals surface area contributed by atoms with Gasteiger partial charge in [0.1, 0.15) is 0 Å². The fourth-order valence-corrected chi connectivity index (χ4v) is 4.66. The predicted octanol–water partition coefficient (Wildman–Crippen LogP) is 2.29. The molecule has 0 fully saturated rings. The van der Waals surface area contributed by atoms with Crippen LogP contribution in [-0.2, 0) is 14.8 Å². The number of anilines is 1. The Kier molecular flexibility index (Phi) is 4.63. The summed E-state index contributed by atoms with van der Waals surface area (Å²) in [5.41, 5.74) is 1.55. The van der Waals surface area contributed by atoms with Gasteiger partial charge in [0, 0.05) is 5.38 Å². The average Bonchev–Trinajstić information content (AvgIpc) is 3.09. The van der Waals surface area contributed by atoms with Gasteiger partial charge in [0.2, 0.25) is 15.9 Å². The van der Waals surface area contributed by atoms with Gasteiger partial charge in [0.25, 0.3) is 0 Å². The molecule has 0 aliphatic heterocycles. The minimum absolute atomic E-state index is 0.108. The first-order valence-electron chi connectivity index (χ1n) is 6.92. The number of nitrogens with zero attached hydrogens (tertiary/aromatic N) is 2. The molecule has 10 heteroatoms. The maximum absolute atomic E-state index is 12.3. The number of carbonyl (C=O) groups excluding carboxylic acids is 1. The molecule has 0 saturated heterocycles. The molecule has 0 aliphatic carbocycles. The zero-order chi connectivity index (χ0) is 17.3. The van der Waals surface area contributed by atoms with Gasteiger partial charge in [-0.2, -0.15) is 0 Å². The van der Waals surface area contributed by atoms with Gasteiger partial charge in [-0.25, -0.2) is 23.1 Å². The van der Waals surface area contributed by atoms with Crippen molar-refractivity contribution in [1.29, 1.82) is 0 Å². The standard InChI is InChI=1S/C14H14N4O3S3/c1-8-7-22-14(16-8)18-13(19)6-15-24(20,21)10-3-4-11-12(5-10)23-9(2)17-11/h3-5,7,15H,6H2,1-2H3,(H,16,18,19). The largest absolute Gasteiger partial charge is 0.301 e. The number of aryl methyl sites for hydroxylation is 2. The van der Waals surface area contributed by atoms with E-state index in [9.17, 15) is 13.2 Å². The summed E-state index contributed by atoms with van der Waals surface area (Å²) in [6.45, 7) is 3.31. The molecule has 0 atom stereocenters. The van der Waals surface area contributed by atoms with Crippen LogP contribution in [0.5, 0.6) is 0 Å². The quantitative estimate of drug-likeness (QED) is 0.705. The number of thiazole rings is 2. The smallest absolute Gasteiger partial charge is 0.241 e. The van der Waals surface area contributed by atoms with Gasteiger partial charge in [-0.3, -0.25) is 4.79 Å². The summed E-state index contributed by atoms with van der Waals surface area (Å²) in [6.07, 6.45) is 0. The van der Waals surface area contributed by atoms with Gasteiger partial charge in [-0.1, -0.05) is 0 Å². The second-order valence-electron chi connectivity index (χ2n) is 5.03. The van der Waals surface area contributed by atoms with Crippen molar-refractivity contribution in [3.63, 3.8) is 0 Å². The first kappa shape index (κ1) is 17.0. The Bertz CT molecular complexity index is 1010. The molecule has 1 amide bonds. The van der Waals surface area contributed by atoms with E-state index in [0.717, 1.165) is 20.9 Å². The van der Waals surface area contributed by atoms with Gasteiger partial charge in [-0.05, 0) is 32.0 Å². The van der Waals surface area contributed by atoms with Crippen LogP contribution in [0.2, 0.25) is 0 Å². The fourth-order valence-electron chi connectivity index (χ4n) is 2.01. The van der Waals surface area contributed by atoms with Crippen molar-refractivity contribution in [2.45, 2.75) is 18.7 Å². The molecule has 0 unspecified atom stereocenters. The van der Waals surface area contributed by atoms with Crippen LogP contribution in [0.25, 0.3) is 10.2 Å². The highest BCUT2D eigenvalue weighted by Crippen LogP contribution is 2.24. The SMILES string of the molecule is Cc1csc(NC(=O)CNS(=O)(=O)c2ccc3nc(C)sc3c2)n1. The zero-order valence-corrected chi connectivity index (χ0v) is 15.3. The van der Waals surface area contributed by atoms with Crippen molar-refractivity contribution in [3.8, 4) is 0 Å². The van der Waals surface area contributed by atoms with Crippen LogP contribution in [0, 0.1) is 13.8 Å². The third-order valence-corrected chi connectivity index (χ3v) is 6.27. The topological polar surface area (TPSA) is 101 Å². The number of sulfonamides is 1. The molecule has 1 aromatic carbocycles. The van der Waals surface area contributed by atoms with E-state index in [2.05, 4.69) is 20.0 Å². The van der Waals surface area contributed by atoms with E-state index in [1.54, 1.807) is 17.5 Å². The minimum atomic E-state index is -3.77. The molecular weight excluding hydrogens is 368 g/mol. The first-order valence-corrected chi connectivity index (χ1v) is 10.1. The highest BCUT2D eigenvalue weighted by Gasteiger charge is 2.17. The molecule has 126 valence electrons. The van der Waals surface area contributed by atoms with E-state index >= 15 is 0 Å². The Morgan fingerprint density at radius 1 is 1.25 bits per heavy atom. The van der Waals surface area contributed by atoms with Gasteiger partial charge in [0.05, 0.1) is 32.4 Å². The maximum atomic E-state index is 12.3. The van der Waals surface area contributed by atoms with Crippen LogP contribution in [0.15, 0.2) is 28.5 Å². The lowest BCUT2D eigenvalue weighted by Crippen LogP contribution is -2.32. The summed E-state index contributed by atoms with van der Waals surface area (Å²) in [6, 6.07) is 4.70. The first-order chi connectivity index (χ1) is 11.3. The molecule has 2 aromatic heterocycles. The normalized spacial score (nSPS) is 11.8. The number of hydrogen-bond donors (Lipinski definition) is 2. The number of hydrogen-bond acceptors (Lipinski definition) is 7. The summed E-state index contributed by atoms with van der Waals surface area (Å²) >= 11 is 2.71. The molecule has 0 spiro atoms. The molecule has 0 saturated carbocycles. The summed E-state index contributed by atoms with van der Waals surface area (Å²) in [5.74, 6) is -0.470. The van der Waals surface area contributed by atoms with Crippen molar-refractivity contribution >= 4 is 54.0 Å².